The Balaban J connectivity index is 1.63. The summed E-state index contributed by atoms with van der Waals surface area (Å²) < 4.78 is 6.47. The molecule has 30 heavy (non-hydrogen) atoms. The first-order chi connectivity index (χ1) is 14.3. The molecule has 7 nitrogen and oxygen atoms in total. The number of halogens is 1. The van der Waals surface area contributed by atoms with Crippen LogP contribution < -0.4 is 16.0 Å². The lowest BCUT2D eigenvalue weighted by molar-refractivity contribution is -0.125. The minimum Gasteiger partial charge on any atom is -0.381 e. The number of rotatable bonds is 4. The quantitative estimate of drug-likeness (QED) is 0.596. The Bertz CT molecular complexity index is 1000. The number of ether oxygens (including phenoxy) is 1. The molecule has 2 aliphatic rings. The van der Waals surface area contributed by atoms with Crippen molar-refractivity contribution in [3.8, 4) is 0 Å². The average Bonchev–Trinajstić information content (AvgIpc) is 3.01. The first-order valence-corrected chi connectivity index (χ1v) is 10.5. The number of carbonyl (C=O) groups is 3. The summed E-state index contributed by atoms with van der Waals surface area (Å²) in [5.41, 5.74) is 0.221. The zero-order valence-corrected chi connectivity index (χ0v) is 18.0. The van der Waals surface area contributed by atoms with Crippen molar-refractivity contribution >= 4 is 39.5 Å². The maximum Gasteiger partial charge on any atom is 0.322 e. The van der Waals surface area contributed by atoms with Crippen molar-refractivity contribution in [3.63, 3.8) is 0 Å². The summed E-state index contributed by atoms with van der Waals surface area (Å²) in [4.78, 5) is 37.3. The van der Waals surface area contributed by atoms with Gasteiger partial charge in [0.2, 0.25) is 5.91 Å². The van der Waals surface area contributed by atoms with Gasteiger partial charge in [0.1, 0.15) is 5.54 Å². The topological polar surface area (TPSA) is 96.5 Å². The summed E-state index contributed by atoms with van der Waals surface area (Å²) in [6.07, 6.45) is 1.16. The van der Waals surface area contributed by atoms with E-state index in [1.807, 2.05) is 24.3 Å². The molecule has 156 valence electrons. The van der Waals surface area contributed by atoms with Crippen molar-refractivity contribution in [3.05, 3.63) is 64.1 Å². The third-order valence-electron chi connectivity index (χ3n) is 5.92. The van der Waals surface area contributed by atoms with E-state index < -0.39 is 22.9 Å². The zero-order valence-electron chi connectivity index (χ0n) is 16.5. The van der Waals surface area contributed by atoms with Crippen LogP contribution in [0, 0.1) is 0 Å². The van der Waals surface area contributed by atoms with E-state index >= 15 is 0 Å². The van der Waals surface area contributed by atoms with Gasteiger partial charge in [-0.3, -0.25) is 14.9 Å². The van der Waals surface area contributed by atoms with Gasteiger partial charge in [-0.25, -0.2) is 4.79 Å². The van der Waals surface area contributed by atoms with E-state index in [9.17, 15) is 14.4 Å². The van der Waals surface area contributed by atoms with Crippen molar-refractivity contribution in [2.24, 2.45) is 0 Å². The van der Waals surface area contributed by atoms with E-state index in [2.05, 4.69) is 31.9 Å². The molecule has 2 heterocycles. The van der Waals surface area contributed by atoms with Gasteiger partial charge in [-0.2, -0.15) is 0 Å². The van der Waals surface area contributed by atoms with Crippen LogP contribution in [0.3, 0.4) is 0 Å². The van der Waals surface area contributed by atoms with Gasteiger partial charge in [0.15, 0.2) is 0 Å². The van der Waals surface area contributed by atoms with Crippen molar-refractivity contribution in [2.45, 2.75) is 30.7 Å². The van der Waals surface area contributed by atoms with Crippen LogP contribution in [0.5, 0.6) is 0 Å². The highest BCUT2D eigenvalue weighted by atomic mass is 79.9. The van der Waals surface area contributed by atoms with E-state index in [4.69, 9.17) is 4.74 Å². The van der Waals surface area contributed by atoms with E-state index in [0.29, 0.717) is 37.3 Å². The molecule has 0 spiro atoms. The lowest BCUT2D eigenvalue weighted by Crippen LogP contribution is -2.45. The third-order valence-corrected chi connectivity index (χ3v) is 6.45. The molecule has 2 fully saturated rings. The van der Waals surface area contributed by atoms with Crippen molar-refractivity contribution in [1.82, 2.24) is 10.6 Å². The summed E-state index contributed by atoms with van der Waals surface area (Å²) >= 11 is 3.44. The predicted octanol–water partition coefficient (Wildman–Crippen LogP) is 3.19. The minimum absolute atomic E-state index is 0.115. The first-order valence-electron chi connectivity index (χ1n) is 9.73. The average molecular weight is 472 g/mol. The van der Waals surface area contributed by atoms with Gasteiger partial charge in [0.05, 0.1) is 5.41 Å². The molecule has 4 rings (SSSR count). The molecule has 2 saturated heterocycles. The van der Waals surface area contributed by atoms with E-state index in [1.54, 1.807) is 31.2 Å². The summed E-state index contributed by atoms with van der Waals surface area (Å²) in [7, 11) is 0. The Morgan fingerprint density at radius 3 is 2.40 bits per heavy atom. The monoisotopic (exact) mass is 471 g/mol. The molecule has 1 atom stereocenters. The summed E-state index contributed by atoms with van der Waals surface area (Å²) in [5, 5.41) is 7.92. The van der Waals surface area contributed by atoms with Gasteiger partial charge in [0.25, 0.3) is 5.91 Å². The molecule has 2 aromatic rings. The first kappa shape index (κ1) is 20.6. The number of nitrogens with one attached hydrogen (secondary N) is 3. The number of urea groups is 1. The molecular weight excluding hydrogens is 450 g/mol. The van der Waals surface area contributed by atoms with E-state index in [1.165, 1.54) is 0 Å². The fourth-order valence-electron chi connectivity index (χ4n) is 4.04. The van der Waals surface area contributed by atoms with Gasteiger partial charge in [-0.05, 0) is 55.2 Å². The second-order valence-electron chi connectivity index (χ2n) is 7.77. The number of carbonyl (C=O) groups excluding carboxylic acids is 3. The molecule has 0 saturated carbocycles. The molecule has 0 aliphatic carbocycles. The normalized spacial score (nSPS) is 22.9. The lowest BCUT2D eigenvalue weighted by atomic mass is 9.73. The molecule has 0 aromatic heterocycles. The Labute approximate surface area is 182 Å². The zero-order chi connectivity index (χ0) is 21.4. The van der Waals surface area contributed by atoms with Crippen LogP contribution in [-0.4, -0.2) is 31.1 Å². The van der Waals surface area contributed by atoms with Crippen molar-refractivity contribution < 1.29 is 19.1 Å². The highest BCUT2D eigenvalue weighted by Gasteiger charge is 2.44. The Kier molecular flexibility index (Phi) is 5.38. The maximum atomic E-state index is 13.5. The highest BCUT2D eigenvalue weighted by molar-refractivity contribution is 9.10. The van der Waals surface area contributed by atoms with Crippen LogP contribution in [-0.2, 0) is 25.3 Å². The third kappa shape index (κ3) is 3.61. The Morgan fingerprint density at radius 1 is 1.07 bits per heavy atom. The van der Waals surface area contributed by atoms with Gasteiger partial charge in [-0.15, -0.1) is 0 Å². The van der Waals surface area contributed by atoms with Gasteiger partial charge in [0, 0.05) is 23.4 Å². The van der Waals surface area contributed by atoms with Crippen molar-refractivity contribution in [2.75, 3.05) is 18.5 Å². The van der Waals surface area contributed by atoms with Crippen molar-refractivity contribution in [1.29, 1.82) is 0 Å². The Morgan fingerprint density at radius 2 is 1.77 bits per heavy atom. The molecule has 1 unspecified atom stereocenters. The summed E-state index contributed by atoms with van der Waals surface area (Å²) in [6.45, 7) is 2.65. The molecule has 3 N–H and O–H groups in total. The standard InChI is InChI=1S/C22H22BrN3O4/c1-21(18(27)25-20(29)26-21)15-3-2-4-17(13-15)24-19(28)22(9-11-30-12-10-22)14-5-7-16(23)8-6-14/h2-8,13H,9-12H2,1H3,(H,24,28)(H2,25,26,27,29). The van der Waals surface area contributed by atoms with Gasteiger partial charge in [-0.1, -0.05) is 40.2 Å². The largest absolute Gasteiger partial charge is 0.381 e. The summed E-state index contributed by atoms with van der Waals surface area (Å²) in [6, 6.07) is 14.3. The Hall–Kier alpha value is -2.71. The fraction of sp³-hybridized carbons (Fsp3) is 0.318. The number of amides is 4. The maximum absolute atomic E-state index is 13.5. The second kappa shape index (κ2) is 7.85. The number of benzene rings is 2. The molecule has 0 radical (unpaired) electrons. The number of anilines is 1. The van der Waals surface area contributed by atoms with Crippen LogP contribution in [0.15, 0.2) is 53.0 Å². The molecule has 0 bridgehead atoms. The minimum atomic E-state index is -1.18. The van der Waals surface area contributed by atoms with Crippen LogP contribution in [0.25, 0.3) is 0 Å². The molecule has 2 aromatic carbocycles. The predicted molar refractivity (Wildman–Crippen MR) is 115 cm³/mol. The molecule has 2 aliphatic heterocycles. The smallest absolute Gasteiger partial charge is 0.322 e. The fourth-order valence-corrected chi connectivity index (χ4v) is 4.31. The SMILES string of the molecule is CC1(c2cccc(NC(=O)C3(c4ccc(Br)cc4)CCOCC3)c2)NC(=O)NC1=O. The van der Waals surface area contributed by atoms with Crippen LogP contribution in [0.1, 0.15) is 30.9 Å². The highest BCUT2D eigenvalue weighted by Crippen LogP contribution is 2.37. The van der Waals surface area contributed by atoms with Gasteiger partial charge >= 0.3 is 6.03 Å². The molecular formula is C22H22BrN3O4. The number of hydrogen-bond donors (Lipinski definition) is 3. The molecule has 8 heteroatoms. The lowest BCUT2D eigenvalue weighted by Gasteiger charge is -2.36. The van der Waals surface area contributed by atoms with E-state index in [-0.39, 0.29) is 5.91 Å². The van der Waals surface area contributed by atoms with Crippen LogP contribution in [0.2, 0.25) is 0 Å². The van der Waals surface area contributed by atoms with Gasteiger partial charge < -0.3 is 15.4 Å². The number of imide groups is 1. The molecule has 4 amide bonds. The van der Waals surface area contributed by atoms with Crippen LogP contribution in [0.4, 0.5) is 10.5 Å². The summed E-state index contributed by atoms with van der Waals surface area (Å²) in [5.74, 6) is -0.540. The second-order valence-corrected chi connectivity index (χ2v) is 8.69. The van der Waals surface area contributed by atoms with Crippen LogP contribution >= 0.6 is 15.9 Å². The number of hydrogen-bond acceptors (Lipinski definition) is 4. The van der Waals surface area contributed by atoms with E-state index in [0.717, 1.165) is 10.0 Å².